The van der Waals surface area contributed by atoms with Crippen molar-refractivity contribution in [1.82, 2.24) is 5.32 Å². The van der Waals surface area contributed by atoms with Crippen molar-refractivity contribution >= 4 is 23.2 Å². The monoisotopic (exact) mass is 242 g/mol. The molecule has 0 spiro atoms. The van der Waals surface area contributed by atoms with Gasteiger partial charge in [0, 0.05) is 4.88 Å². The molecule has 16 heavy (non-hydrogen) atoms. The fraction of sp³-hybridized carbons (Fsp3) is 0.400. The van der Waals surface area contributed by atoms with Crippen LogP contribution in [0.3, 0.4) is 0 Å². The van der Waals surface area contributed by atoms with Gasteiger partial charge in [-0.25, -0.2) is 4.79 Å². The van der Waals surface area contributed by atoms with E-state index in [1.807, 2.05) is 5.38 Å². The zero-order valence-corrected chi connectivity index (χ0v) is 9.66. The smallest absolute Gasteiger partial charge is 0.326 e. The highest BCUT2D eigenvalue weighted by atomic mass is 32.1. The summed E-state index contributed by atoms with van der Waals surface area (Å²) >= 11 is 1.37. The van der Waals surface area contributed by atoms with Crippen LogP contribution in [0.25, 0.3) is 0 Å². The van der Waals surface area contributed by atoms with E-state index in [1.54, 1.807) is 19.1 Å². The molecule has 0 saturated heterocycles. The van der Waals surface area contributed by atoms with Crippen molar-refractivity contribution in [3.8, 4) is 0 Å². The van der Waals surface area contributed by atoms with Crippen molar-refractivity contribution in [3.63, 3.8) is 0 Å². The van der Waals surface area contributed by atoms with E-state index in [0.717, 1.165) is 4.88 Å². The molecule has 1 aromatic rings. The van der Waals surface area contributed by atoms with Gasteiger partial charge in [0.15, 0.2) is 0 Å². The lowest BCUT2D eigenvalue weighted by Gasteiger charge is -2.15. The minimum atomic E-state index is -1.05. The molecule has 0 aromatic carbocycles. The molecule has 1 amide bonds. The first kappa shape index (κ1) is 12.7. The van der Waals surface area contributed by atoms with Crippen LogP contribution in [-0.2, 0) is 9.59 Å². The van der Waals surface area contributed by atoms with Gasteiger partial charge in [0.05, 0.1) is 0 Å². The Labute approximate surface area is 97.3 Å². The quantitative estimate of drug-likeness (QED) is 0.709. The number of amides is 1. The predicted molar refractivity (Wildman–Crippen MR) is 61.1 cm³/mol. The van der Waals surface area contributed by atoms with Crippen molar-refractivity contribution in [3.05, 3.63) is 22.4 Å². The van der Waals surface area contributed by atoms with Crippen LogP contribution in [0.15, 0.2) is 17.5 Å². The second-order valence-corrected chi connectivity index (χ2v) is 4.28. The molecule has 1 unspecified atom stereocenters. The third-order valence-corrected chi connectivity index (χ3v) is 3.11. The predicted octanol–water partition coefficient (Wildman–Crippen LogP) is 0.727. The summed E-state index contributed by atoms with van der Waals surface area (Å²) < 4.78 is 0. The number of aliphatic carboxylic acids is 1. The van der Waals surface area contributed by atoms with Gasteiger partial charge in [-0.2, -0.15) is 0 Å². The van der Waals surface area contributed by atoms with Crippen molar-refractivity contribution in [1.29, 1.82) is 0 Å². The van der Waals surface area contributed by atoms with Crippen LogP contribution in [-0.4, -0.2) is 23.0 Å². The third-order valence-electron chi connectivity index (χ3n) is 2.16. The fourth-order valence-electron chi connectivity index (χ4n) is 1.20. The van der Waals surface area contributed by atoms with E-state index in [9.17, 15) is 9.59 Å². The Kier molecular flexibility index (Phi) is 4.45. The number of thiophene rings is 1. The van der Waals surface area contributed by atoms with Gasteiger partial charge in [-0.15, -0.1) is 11.3 Å². The minimum absolute atomic E-state index is 0.332. The summed E-state index contributed by atoms with van der Waals surface area (Å²) in [4.78, 5) is 23.1. The van der Waals surface area contributed by atoms with Crippen LogP contribution in [0.2, 0.25) is 0 Å². The molecule has 0 aliphatic carbocycles. The summed E-state index contributed by atoms with van der Waals surface area (Å²) in [6.07, 6.45) is 0.332. The van der Waals surface area contributed by atoms with E-state index >= 15 is 0 Å². The number of carboxylic acids is 1. The highest BCUT2D eigenvalue weighted by molar-refractivity contribution is 7.10. The summed E-state index contributed by atoms with van der Waals surface area (Å²) in [6, 6.07) is 1.87. The van der Waals surface area contributed by atoms with Gasteiger partial charge in [-0.1, -0.05) is 13.0 Å². The van der Waals surface area contributed by atoms with Gasteiger partial charge >= 0.3 is 5.97 Å². The minimum Gasteiger partial charge on any atom is -0.480 e. The van der Waals surface area contributed by atoms with Crippen molar-refractivity contribution < 1.29 is 14.7 Å². The fourth-order valence-corrected chi connectivity index (χ4v) is 1.92. The maximum absolute atomic E-state index is 11.6. The molecular formula is C10H14N2O3S. The van der Waals surface area contributed by atoms with Crippen molar-refractivity contribution in [2.75, 3.05) is 0 Å². The second-order valence-electron chi connectivity index (χ2n) is 3.30. The molecule has 0 radical (unpaired) electrons. The summed E-state index contributed by atoms with van der Waals surface area (Å²) in [5.41, 5.74) is 5.69. The van der Waals surface area contributed by atoms with Crippen molar-refractivity contribution in [2.24, 2.45) is 5.73 Å². The molecule has 0 aliphatic heterocycles. The molecular weight excluding hydrogens is 228 g/mol. The molecule has 5 nitrogen and oxygen atoms in total. The summed E-state index contributed by atoms with van der Waals surface area (Å²) in [6.45, 7) is 1.69. The number of hydrogen-bond donors (Lipinski definition) is 3. The van der Waals surface area contributed by atoms with E-state index in [2.05, 4.69) is 5.32 Å². The van der Waals surface area contributed by atoms with Crippen LogP contribution in [0, 0.1) is 0 Å². The number of carbonyl (C=O) groups is 2. The molecule has 2 atom stereocenters. The zero-order chi connectivity index (χ0) is 12.1. The standard InChI is InChI=1S/C10H14N2O3S/c1-2-6(10(14)15)12-9(13)8(11)7-4-3-5-16-7/h3-6,8H,2,11H2,1H3,(H,12,13)(H,14,15)/t6-,8?/m1/s1. The van der Waals surface area contributed by atoms with Crippen LogP contribution < -0.4 is 11.1 Å². The number of nitrogens with one attached hydrogen (secondary N) is 1. The Balaban J connectivity index is 2.61. The Morgan fingerprint density at radius 3 is 2.75 bits per heavy atom. The molecule has 0 saturated carbocycles. The summed E-state index contributed by atoms with van der Waals surface area (Å²) in [5, 5.41) is 13.0. The van der Waals surface area contributed by atoms with Gasteiger partial charge < -0.3 is 16.2 Å². The molecule has 0 fully saturated rings. The Bertz CT molecular complexity index is 364. The first-order chi connectivity index (χ1) is 7.56. The topological polar surface area (TPSA) is 92.4 Å². The lowest BCUT2D eigenvalue weighted by molar-refractivity contribution is -0.142. The molecule has 4 N–H and O–H groups in total. The van der Waals surface area contributed by atoms with E-state index in [4.69, 9.17) is 10.8 Å². The lowest BCUT2D eigenvalue weighted by atomic mass is 10.2. The summed E-state index contributed by atoms with van der Waals surface area (Å²) in [5.74, 6) is -1.51. The van der Waals surface area contributed by atoms with Crippen LogP contribution in [0.5, 0.6) is 0 Å². The maximum Gasteiger partial charge on any atom is 0.326 e. The van der Waals surface area contributed by atoms with E-state index in [0.29, 0.717) is 6.42 Å². The normalized spacial score (nSPS) is 14.1. The zero-order valence-electron chi connectivity index (χ0n) is 8.84. The largest absolute Gasteiger partial charge is 0.480 e. The second kappa shape index (κ2) is 5.62. The van der Waals surface area contributed by atoms with Gasteiger partial charge in [0.1, 0.15) is 12.1 Å². The van der Waals surface area contributed by atoms with Crippen LogP contribution in [0.1, 0.15) is 24.3 Å². The molecule has 0 aliphatic rings. The number of rotatable bonds is 5. The van der Waals surface area contributed by atoms with Gasteiger partial charge in [0.2, 0.25) is 5.91 Å². The molecule has 1 aromatic heterocycles. The highest BCUT2D eigenvalue weighted by Crippen LogP contribution is 2.16. The average molecular weight is 242 g/mol. The number of carboxylic acid groups (broad SMARTS) is 1. The van der Waals surface area contributed by atoms with Crippen LogP contribution >= 0.6 is 11.3 Å². The number of carbonyl (C=O) groups excluding carboxylic acids is 1. The molecule has 1 rings (SSSR count). The molecule has 88 valence electrons. The molecule has 0 bridgehead atoms. The number of nitrogens with two attached hydrogens (primary N) is 1. The SMILES string of the molecule is CC[C@@H](NC(=O)C(N)c1cccs1)C(=O)O. The highest BCUT2D eigenvalue weighted by Gasteiger charge is 2.22. The lowest BCUT2D eigenvalue weighted by Crippen LogP contribution is -2.44. The van der Waals surface area contributed by atoms with Gasteiger partial charge in [-0.3, -0.25) is 4.79 Å². The van der Waals surface area contributed by atoms with E-state index in [1.165, 1.54) is 11.3 Å². The first-order valence-electron chi connectivity index (χ1n) is 4.88. The number of hydrogen-bond acceptors (Lipinski definition) is 4. The van der Waals surface area contributed by atoms with Crippen LogP contribution in [0.4, 0.5) is 0 Å². The average Bonchev–Trinajstić information content (AvgIpc) is 2.77. The molecule has 6 heteroatoms. The maximum atomic E-state index is 11.6. The third kappa shape index (κ3) is 3.04. The molecule has 1 heterocycles. The van der Waals surface area contributed by atoms with E-state index in [-0.39, 0.29) is 0 Å². The van der Waals surface area contributed by atoms with Gasteiger partial charge in [-0.05, 0) is 17.9 Å². The summed E-state index contributed by atoms with van der Waals surface area (Å²) in [7, 11) is 0. The van der Waals surface area contributed by atoms with Gasteiger partial charge in [0.25, 0.3) is 0 Å². The van der Waals surface area contributed by atoms with Crippen molar-refractivity contribution in [2.45, 2.75) is 25.4 Å². The Morgan fingerprint density at radius 1 is 1.62 bits per heavy atom. The Hall–Kier alpha value is -1.40. The van der Waals surface area contributed by atoms with E-state index < -0.39 is 24.0 Å². The first-order valence-corrected chi connectivity index (χ1v) is 5.76. The Morgan fingerprint density at radius 2 is 2.31 bits per heavy atom.